The molecule has 0 aliphatic rings. The highest BCUT2D eigenvalue weighted by atomic mass is 32.1. The van der Waals surface area contributed by atoms with Crippen LogP contribution in [0.15, 0.2) is 42.5 Å². The maximum absolute atomic E-state index is 13.7. The Morgan fingerprint density at radius 3 is 2.62 bits per heavy atom. The summed E-state index contributed by atoms with van der Waals surface area (Å²) in [6.45, 7) is 0. The van der Waals surface area contributed by atoms with Gasteiger partial charge in [0, 0.05) is 10.4 Å². The van der Waals surface area contributed by atoms with Gasteiger partial charge in [-0.2, -0.15) is 0 Å². The molecule has 0 bridgehead atoms. The van der Waals surface area contributed by atoms with Crippen LogP contribution < -0.4 is 11.1 Å². The number of fused-ring (bicyclic) bond motifs is 1. The van der Waals surface area contributed by atoms with E-state index in [4.69, 9.17) is 5.73 Å². The first-order valence-electron chi connectivity index (χ1n) is 6.09. The second kappa shape index (κ2) is 5.14. The van der Waals surface area contributed by atoms with E-state index >= 15 is 0 Å². The molecule has 3 aromatic rings. The number of nitrogens with one attached hydrogen (secondary N) is 1. The minimum Gasteiger partial charge on any atom is -0.397 e. The normalized spacial score (nSPS) is 10.8. The highest BCUT2D eigenvalue weighted by Crippen LogP contribution is 2.35. The largest absolute Gasteiger partial charge is 0.397 e. The third-order valence-electron chi connectivity index (χ3n) is 2.99. The molecule has 0 aliphatic heterocycles. The Kier molecular flexibility index (Phi) is 3.31. The molecule has 3 nitrogen and oxygen atoms in total. The Bertz CT molecular complexity index is 845. The van der Waals surface area contributed by atoms with Gasteiger partial charge in [0.25, 0.3) is 5.91 Å². The van der Waals surface area contributed by atoms with Crippen LogP contribution in [0.5, 0.6) is 0 Å². The molecule has 0 radical (unpaired) electrons. The van der Waals surface area contributed by atoms with Gasteiger partial charge in [-0.1, -0.05) is 12.1 Å². The van der Waals surface area contributed by atoms with Crippen molar-refractivity contribution in [1.29, 1.82) is 0 Å². The zero-order chi connectivity index (χ0) is 15.0. The molecule has 3 N–H and O–H groups in total. The Hall–Kier alpha value is -2.47. The second-order valence-corrected chi connectivity index (χ2v) is 5.47. The Morgan fingerprint density at radius 2 is 1.90 bits per heavy atom. The van der Waals surface area contributed by atoms with E-state index in [1.807, 2.05) is 0 Å². The zero-order valence-electron chi connectivity index (χ0n) is 10.7. The van der Waals surface area contributed by atoms with Crippen LogP contribution in [0.4, 0.5) is 20.2 Å². The van der Waals surface area contributed by atoms with E-state index < -0.39 is 17.5 Å². The number of carbonyl (C=O) groups excluding carboxylic acids is 1. The van der Waals surface area contributed by atoms with Crippen molar-refractivity contribution in [3.63, 3.8) is 0 Å². The van der Waals surface area contributed by atoms with E-state index in [1.54, 1.807) is 18.2 Å². The van der Waals surface area contributed by atoms with Crippen molar-refractivity contribution < 1.29 is 13.6 Å². The number of nitrogen functional groups attached to an aromatic ring is 1. The molecule has 0 saturated carbocycles. The standard InChI is InChI=1S/C15H10F2N2OS/c16-8-3-1-4-9(7-8)19-15(20)14-13(18)12-10(17)5-2-6-11(12)21-14/h1-7H,18H2,(H,19,20). The number of benzene rings is 2. The second-order valence-electron chi connectivity index (χ2n) is 4.42. The molecule has 21 heavy (non-hydrogen) atoms. The highest BCUT2D eigenvalue weighted by Gasteiger charge is 2.18. The smallest absolute Gasteiger partial charge is 0.267 e. The number of hydrogen-bond donors (Lipinski definition) is 2. The summed E-state index contributed by atoms with van der Waals surface area (Å²) >= 11 is 1.10. The van der Waals surface area contributed by atoms with Crippen LogP contribution in [0.1, 0.15) is 9.67 Å². The van der Waals surface area contributed by atoms with Crippen molar-refractivity contribution in [3.8, 4) is 0 Å². The van der Waals surface area contributed by atoms with Gasteiger partial charge < -0.3 is 11.1 Å². The van der Waals surface area contributed by atoms with Crippen LogP contribution in [0, 0.1) is 11.6 Å². The minimum absolute atomic E-state index is 0.0991. The molecule has 0 unspecified atom stereocenters. The van der Waals surface area contributed by atoms with Crippen molar-refractivity contribution in [2.24, 2.45) is 0 Å². The van der Waals surface area contributed by atoms with Crippen LogP contribution in [0.3, 0.4) is 0 Å². The number of halogens is 2. The van der Waals surface area contributed by atoms with Gasteiger partial charge in [-0.05, 0) is 30.3 Å². The van der Waals surface area contributed by atoms with E-state index in [0.717, 1.165) is 11.3 Å². The molecule has 0 fully saturated rings. The van der Waals surface area contributed by atoms with Crippen LogP contribution in [0.2, 0.25) is 0 Å². The first-order valence-corrected chi connectivity index (χ1v) is 6.91. The van der Waals surface area contributed by atoms with Gasteiger partial charge in [-0.3, -0.25) is 4.79 Å². The molecule has 0 spiro atoms. The van der Waals surface area contributed by atoms with E-state index in [-0.39, 0.29) is 16.0 Å². The van der Waals surface area contributed by atoms with Crippen molar-refractivity contribution in [1.82, 2.24) is 0 Å². The summed E-state index contributed by atoms with van der Waals surface area (Å²) in [5.41, 5.74) is 6.28. The average Bonchev–Trinajstić information content (AvgIpc) is 2.77. The number of carbonyl (C=O) groups is 1. The number of thiophene rings is 1. The lowest BCUT2D eigenvalue weighted by molar-refractivity contribution is 0.103. The topological polar surface area (TPSA) is 55.1 Å². The summed E-state index contributed by atoms with van der Waals surface area (Å²) < 4.78 is 27.4. The monoisotopic (exact) mass is 304 g/mol. The van der Waals surface area contributed by atoms with E-state index in [0.29, 0.717) is 10.4 Å². The summed E-state index contributed by atoms with van der Waals surface area (Å²) in [4.78, 5) is 12.4. The Labute approximate surface area is 123 Å². The van der Waals surface area contributed by atoms with Crippen LogP contribution in [-0.2, 0) is 0 Å². The van der Waals surface area contributed by atoms with E-state index in [9.17, 15) is 13.6 Å². The molecule has 3 rings (SSSR count). The lowest BCUT2D eigenvalue weighted by Gasteiger charge is -2.04. The van der Waals surface area contributed by atoms with Crippen LogP contribution in [0.25, 0.3) is 10.1 Å². The van der Waals surface area contributed by atoms with Gasteiger partial charge in [0.05, 0.1) is 11.1 Å². The maximum Gasteiger partial charge on any atom is 0.267 e. The summed E-state index contributed by atoms with van der Waals surface area (Å²) in [6.07, 6.45) is 0. The third-order valence-corrected chi connectivity index (χ3v) is 4.16. The van der Waals surface area contributed by atoms with Gasteiger partial charge in [-0.15, -0.1) is 11.3 Å². The minimum atomic E-state index is -0.487. The summed E-state index contributed by atoms with van der Waals surface area (Å²) in [7, 11) is 0. The number of anilines is 2. The number of rotatable bonds is 2. The average molecular weight is 304 g/mol. The van der Waals surface area contributed by atoms with E-state index in [2.05, 4.69) is 5.32 Å². The van der Waals surface area contributed by atoms with Crippen molar-refractivity contribution >= 4 is 38.7 Å². The quantitative estimate of drug-likeness (QED) is 0.751. The summed E-state index contributed by atoms with van der Waals surface area (Å²) in [5.74, 6) is -1.41. The molecule has 1 heterocycles. The number of amides is 1. The molecule has 1 amide bonds. The molecule has 106 valence electrons. The zero-order valence-corrected chi connectivity index (χ0v) is 11.5. The molecule has 1 aromatic heterocycles. The lowest BCUT2D eigenvalue weighted by atomic mass is 10.2. The van der Waals surface area contributed by atoms with Gasteiger partial charge in [0.2, 0.25) is 0 Å². The van der Waals surface area contributed by atoms with Gasteiger partial charge in [0.15, 0.2) is 0 Å². The van der Waals surface area contributed by atoms with Crippen LogP contribution >= 0.6 is 11.3 Å². The summed E-state index contributed by atoms with van der Waals surface area (Å²) in [6, 6.07) is 10.1. The fourth-order valence-corrected chi connectivity index (χ4v) is 3.08. The molecule has 0 atom stereocenters. The predicted octanol–water partition coefficient (Wildman–Crippen LogP) is 4.01. The Morgan fingerprint density at radius 1 is 1.14 bits per heavy atom. The first-order chi connectivity index (χ1) is 10.1. The Balaban J connectivity index is 1.99. The molecule has 6 heteroatoms. The predicted molar refractivity (Wildman–Crippen MR) is 80.5 cm³/mol. The lowest BCUT2D eigenvalue weighted by Crippen LogP contribution is -2.12. The van der Waals surface area contributed by atoms with Crippen molar-refractivity contribution in [2.75, 3.05) is 11.1 Å². The van der Waals surface area contributed by atoms with Crippen molar-refractivity contribution in [3.05, 3.63) is 59.0 Å². The van der Waals surface area contributed by atoms with Gasteiger partial charge >= 0.3 is 0 Å². The molecule has 0 saturated heterocycles. The number of hydrogen-bond acceptors (Lipinski definition) is 3. The molecule has 0 aliphatic carbocycles. The van der Waals surface area contributed by atoms with Crippen LogP contribution in [-0.4, -0.2) is 5.91 Å². The first kappa shape index (κ1) is 13.5. The maximum atomic E-state index is 13.7. The fourth-order valence-electron chi connectivity index (χ4n) is 2.05. The van der Waals surface area contributed by atoms with Gasteiger partial charge in [-0.25, -0.2) is 8.78 Å². The summed E-state index contributed by atoms with van der Waals surface area (Å²) in [5, 5.41) is 2.79. The van der Waals surface area contributed by atoms with Crippen molar-refractivity contribution in [2.45, 2.75) is 0 Å². The SMILES string of the molecule is Nc1c(C(=O)Nc2cccc(F)c2)sc2cccc(F)c12. The van der Waals surface area contributed by atoms with E-state index in [1.165, 1.54) is 24.3 Å². The molecular weight excluding hydrogens is 294 g/mol. The van der Waals surface area contributed by atoms with Gasteiger partial charge in [0.1, 0.15) is 16.5 Å². The highest BCUT2D eigenvalue weighted by molar-refractivity contribution is 7.21. The fraction of sp³-hybridized carbons (Fsp3) is 0. The molecule has 2 aromatic carbocycles. The third kappa shape index (κ3) is 2.45. The molecular formula is C15H10F2N2OS. The number of nitrogens with two attached hydrogens (primary N) is 1.